The molecule has 0 unspecified atom stereocenters. The summed E-state index contributed by atoms with van der Waals surface area (Å²) in [5.74, 6) is -0.144. The molecule has 0 amide bonds. The first-order chi connectivity index (χ1) is 8.83. The predicted octanol–water partition coefficient (Wildman–Crippen LogP) is 2.54. The second-order valence-corrected chi connectivity index (χ2v) is 5.51. The maximum absolute atomic E-state index is 12.9. The molecular weight excluding hydrogens is 227 g/mol. The van der Waals surface area contributed by atoms with Crippen LogP contribution in [0, 0.1) is 5.82 Å². The Balaban J connectivity index is 1.69. The van der Waals surface area contributed by atoms with Crippen LogP contribution in [0.1, 0.15) is 31.2 Å². The van der Waals surface area contributed by atoms with Crippen molar-refractivity contribution in [1.29, 1.82) is 0 Å². The van der Waals surface area contributed by atoms with Crippen molar-refractivity contribution in [2.45, 2.75) is 44.3 Å². The topological polar surface area (TPSA) is 15.3 Å². The molecular formula is C15H21FN2. The summed E-state index contributed by atoms with van der Waals surface area (Å²) in [6.07, 6.45) is 5.32. The van der Waals surface area contributed by atoms with Gasteiger partial charge in [-0.3, -0.25) is 4.90 Å². The molecule has 1 saturated carbocycles. The standard InChI is InChI=1S/C15H21FN2/c16-13-7-5-12(6-8-13)11-18-10-9-17-14-3-1-2-4-15(14)18/h5-8,14-15,17H,1-4,9-11H2/t14-,15-/m0/s1. The zero-order valence-electron chi connectivity index (χ0n) is 10.7. The minimum absolute atomic E-state index is 0.144. The molecule has 98 valence electrons. The van der Waals surface area contributed by atoms with Crippen LogP contribution in [0.25, 0.3) is 0 Å². The number of hydrogen-bond donors (Lipinski definition) is 1. The van der Waals surface area contributed by atoms with E-state index in [1.807, 2.05) is 12.1 Å². The van der Waals surface area contributed by atoms with E-state index in [-0.39, 0.29) is 5.82 Å². The zero-order valence-corrected chi connectivity index (χ0v) is 10.7. The average molecular weight is 248 g/mol. The van der Waals surface area contributed by atoms with Gasteiger partial charge in [0.15, 0.2) is 0 Å². The molecule has 3 heteroatoms. The number of halogens is 1. The Labute approximate surface area is 108 Å². The second kappa shape index (κ2) is 5.37. The van der Waals surface area contributed by atoms with Crippen molar-refractivity contribution in [3.05, 3.63) is 35.6 Å². The van der Waals surface area contributed by atoms with Crippen LogP contribution in [0.2, 0.25) is 0 Å². The second-order valence-electron chi connectivity index (χ2n) is 5.51. The van der Waals surface area contributed by atoms with Crippen molar-refractivity contribution in [2.24, 2.45) is 0 Å². The molecule has 3 rings (SSSR count). The van der Waals surface area contributed by atoms with Crippen LogP contribution >= 0.6 is 0 Å². The third-order valence-electron chi connectivity index (χ3n) is 4.30. The van der Waals surface area contributed by atoms with Gasteiger partial charge in [0.05, 0.1) is 0 Å². The maximum Gasteiger partial charge on any atom is 0.123 e. The Morgan fingerprint density at radius 2 is 1.94 bits per heavy atom. The number of rotatable bonds is 2. The molecule has 2 fully saturated rings. The Morgan fingerprint density at radius 1 is 1.17 bits per heavy atom. The van der Waals surface area contributed by atoms with Crippen LogP contribution in [0.15, 0.2) is 24.3 Å². The van der Waals surface area contributed by atoms with E-state index in [1.165, 1.54) is 31.2 Å². The summed E-state index contributed by atoms with van der Waals surface area (Å²) in [6, 6.07) is 8.31. The molecule has 0 bridgehead atoms. The summed E-state index contributed by atoms with van der Waals surface area (Å²) in [5, 5.41) is 3.64. The summed E-state index contributed by atoms with van der Waals surface area (Å²) in [5.41, 5.74) is 1.22. The highest BCUT2D eigenvalue weighted by molar-refractivity contribution is 5.16. The average Bonchev–Trinajstić information content (AvgIpc) is 2.42. The monoisotopic (exact) mass is 248 g/mol. The number of fused-ring (bicyclic) bond motifs is 1. The van der Waals surface area contributed by atoms with Gasteiger partial charge < -0.3 is 5.32 Å². The van der Waals surface area contributed by atoms with Crippen LogP contribution in [-0.4, -0.2) is 30.1 Å². The molecule has 0 radical (unpaired) electrons. The highest BCUT2D eigenvalue weighted by Gasteiger charge is 2.32. The first-order valence-electron chi connectivity index (χ1n) is 7.05. The Hall–Kier alpha value is -0.930. The molecule has 2 nitrogen and oxygen atoms in total. The van der Waals surface area contributed by atoms with Crippen molar-refractivity contribution < 1.29 is 4.39 Å². The number of nitrogens with one attached hydrogen (secondary N) is 1. The van der Waals surface area contributed by atoms with Gasteiger partial charge in [0.25, 0.3) is 0 Å². The summed E-state index contributed by atoms with van der Waals surface area (Å²) < 4.78 is 12.9. The van der Waals surface area contributed by atoms with Crippen LogP contribution < -0.4 is 5.32 Å². The summed E-state index contributed by atoms with van der Waals surface area (Å²) >= 11 is 0. The SMILES string of the molecule is Fc1ccc(CN2CCN[C@H]3CCCC[C@@H]32)cc1. The number of hydrogen-bond acceptors (Lipinski definition) is 2. The fourth-order valence-corrected chi connectivity index (χ4v) is 3.37. The molecule has 2 aliphatic rings. The van der Waals surface area contributed by atoms with Crippen molar-refractivity contribution in [2.75, 3.05) is 13.1 Å². The fraction of sp³-hybridized carbons (Fsp3) is 0.600. The number of piperazine rings is 1. The smallest absolute Gasteiger partial charge is 0.123 e. The lowest BCUT2D eigenvalue weighted by Crippen LogP contribution is -2.58. The van der Waals surface area contributed by atoms with E-state index in [1.54, 1.807) is 12.1 Å². The lowest BCUT2D eigenvalue weighted by molar-refractivity contribution is 0.0815. The van der Waals surface area contributed by atoms with Gasteiger partial charge >= 0.3 is 0 Å². The quantitative estimate of drug-likeness (QED) is 0.865. The molecule has 1 aromatic carbocycles. The van der Waals surface area contributed by atoms with Crippen LogP contribution in [0.5, 0.6) is 0 Å². The van der Waals surface area contributed by atoms with E-state index >= 15 is 0 Å². The van der Waals surface area contributed by atoms with Gasteiger partial charge in [0.2, 0.25) is 0 Å². The maximum atomic E-state index is 12.9. The summed E-state index contributed by atoms with van der Waals surface area (Å²) in [4.78, 5) is 2.58. The van der Waals surface area contributed by atoms with Gasteiger partial charge in [-0.2, -0.15) is 0 Å². The van der Waals surface area contributed by atoms with Crippen molar-refractivity contribution in [1.82, 2.24) is 10.2 Å². The highest BCUT2D eigenvalue weighted by Crippen LogP contribution is 2.26. The molecule has 18 heavy (non-hydrogen) atoms. The van der Waals surface area contributed by atoms with E-state index in [0.29, 0.717) is 12.1 Å². The molecule has 1 saturated heterocycles. The van der Waals surface area contributed by atoms with E-state index in [4.69, 9.17) is 0 Å². The van der Waals surface area contributed by atoms with Crippen molar-refractivity contribution in [3.63, 3.8) is 0 Å². The summed E-state index contributed by atoms with van der Waals surface area (Å²) in [6.45, 7) is 3.16. The first-order valence-corrected chi connectivity index (χ1v) is 7.05. The third kappa shape index (κ3) is 2.57. The van der Waals surface area contributed by atoms with Gasteiger partial charge in [0.1, 0.15) is 5.82 Å². The van der Waals surface area contributed by atoms with Crippen molar-refractivity contribution >= 4 is 0 Å². The zero-order chi connectivity index (χ0) is 12.4. The van der Waals surface area contributed by atoms with Crippen LogP contribution in [-0.2, 0) is 6.54 Å². The van der Waals surface area contributed by atoms with E-state index in [9.17, 15) is 4.39 Å². The van der Waals surface area contributed by atoms with Gasteiger partial charge in [-0.15, -0.1) is 0 Å². The summed E-state index contributed by atoms with van der Waals surface area (Å²) in [7, 11) is 0. The van der Waals surface area contributed by atoms with Gasteiger partial charge in [-0.1, -0.05) is 25.0 Å². The molecule has 1 N–H and O–H groups in total. The van der Waals surface area contributed by atoms with Crippen LogP contribution in [0.3, 0.4) is 0 Å². The van der Waals surface area contributed by atoms with Crippen LogP contribution in [0.4, 0.5) is 4.39 Å². The minimum Gasteiger partial charge on any atom is -0.311 e. The van der Waals surface area contributed by atoms with Crippen molar-refractivity contribution in [3.8, 4) is 0 Å². The molecule has 0 aromatic heterocycles. The Morgan fingerprint density at radius 3 is 2.78 bits per heavy atom. The first kappa shape index (κ1) is 12.1. The third-order valence-corrected chi connectivity index (χ3v) is 4.30. The van der Waals surface area contributed by atoms with Gasteiger partial charge in [-0.05, 0) is 30.5 Å². The number of benzene rings is 1. The molecule has 1 aromatic rings. The Kier molecular flexibility index (Phi) is 3.62. The normalized spacial score (nSPS) is 28.9. The van der Waals surface area contributed by atoms with E-state index in [0.717, 1.165) is 19.6 Å². The fourth-order valence-electron chi connectivity index (χ4n) is 3.37. The minimum atomic E-state index is -0.144. The van der Waals surface area contributed by atoms with Gasteiger partial charge in [0, 0.05) is 31.7 Å². The predicted molar refractivity (Wildman–Crippen MR) is 70.9 cm³/mol. The molecule has 1 aliphatic carbocycles. The van der Waals surface area contributed by atoms with E-state index in [2.05, 4.69) is 10.2 Å². The highest BCUT2D eigenvalue weighted by atomic mass is 19.1. The lowest BCUT2D eigenvalue weighted by atomic mass is 9.87. The van der Waals surface area contributed by atoms with E-state index < -0.39 is 0 Å². The Bertz CT molecular complexity index is 388. The number of nitrogens with zero attached hydrogens (tertiary/aromatic N) is 1. The largest absolute Gasteiger partial charge is 0.311 e. The molecule has 1 heterocycles. The molecule has 2 atom stereocenters. The lowest BCUT2D eigenvalue weighted by Gasteiger charge is -2.44. The molecule has 0 spiro atoms. The molecule has 1 aliphatic heterocycles. The van der Waals surface area contributed by atoms with Gasteiger partial charge in [-0.25, -0.2) is 4.39 Å².